The number of amidine groups is 1. The van der Waals surface area contributed by atoms with Crippen LogP contribution in [0.2, 0.25) is 0 Å². The van der Waals surface area contributed by atoms with Gasteiger partial charge < -0.3 is 10.1 Å². The highest BCUT2D eigenvalue weighted by Gasteiger charge is 2.19. The number of nitrogens with zero attached hydrogens (tertiary/aromatic N) is 1. The number of alkyl halides is 1. The molecule has 1 unspecified atom stereocenters. The molecule has 0 saturated carbocycles. The number of rotatable bonds is 2. The molecule has 1 aliphatic rings. The Kier molecular flexibility index (Phi) is 2.50. The molecule has 0 radical (unpaired) electrons. The van der Waals surface area contributed by atoms with Crippen LogP contribution in [0, 0.1) is 0 Å². The SMILES string of the molecule is O=CC1N=C(CCl)Nc2ccccc21. The van der Waals surface area contributed by atoms with E-state index in [4.69, 9.17) is 11.6 Å². The lowest BCUT2D eigenvalue weighted by Gasteiger charge is -2.20. The van der Waals surface area contributed by atoms with Gasteiger partial charge in [0.15, 0.2) is 0 Å². The van der Waals surface area contributed by atoms with Gasteiger partial charge in [0.2, 0.25) is 0 Å². The predicted octanol–water partition coefficient (Wildman–Crippen LogP) is 1.99. The standard InChI is InChI=1S/C10H9ClN2O/c11-5-10-12-8-4-2-1-3-7(8)9(6-14)13-10/h1-4,6,9H,5H2,(H,12,13). The molecule has 1 atom stereocenters. The number of aliphatic imine (C=N–C) groups is 1. The van der Waals surface area contributed by atoms with Gasteiger partial charge in [-0.05, 0) is 6.07 Å². The lowest BCUT2D eigenvalue weighted by Crippen LogP contribution is -2.22. The first-order valence-electron chi connectivity index (χ1n) is 4.29. The zero-order valence-electron chi connectivity index (χ0n) is 7.40. The fourth-order valence-corrected chi connectivity index (χ4v) is 1.60. The number of halogens is 1. The maximum Gasteiger partial charge on any atom is 0.149 e. The molecule has 14 heavy (non-hydrogen) atoms. The summed E-state index contributed by atoms with van der Waals surface area (Å²) >= 11 is 5.66. The van der Waals surface area contributed by atoms with E-state index in [0.717, 1.165) is 17.5 Å². The number of carbonyl (C=O) groups is 1. The van der Waals surface area contributed by atoms with Gasteiger partial charge in [0.1, 0.15) is 18.2 Å². The van der Waals surface area contributed by atoms with E-state index in [-0.39, 0.29) is 0 Å². The van der Waals surface area contributed by atoms with Crippen LogP contribution in [0.15, 0.2) is 29.3 Å². The van der Waals surface area contributed by atoms with Gasteiger partial charge in [-0.25, -0.2) is 0 Å². The Morgan fingerprint density at radius 3 is 3.00 bits per heavy atom. The Morgan fingerprint density at radius 1 is 1.50 bits per heavy atom. The number of aldehydes is 1. The Hall–Kier alpha value is -1.35. The molecule has 3 nitrogen and oxygen atoms in total. The first-order valence-corrected chi connectivity index (χ1v) is 4.82. The summed E-state index contributed by atoms with van der Waals surface area (Å²) in [4.78, 5) is 15.0. The zero-order chi connectivity index (χ0) is 9.97. The molecule has 0 fully saturated rings. The lowest BCUT2D eigenvalue weighted by molar-refractivity contribution is -0.108. The van der Waals surface area contributed by atoms with Gasteiger partial charge in [-0.2, -0.15) is 0 Å². The molecule has 2 rings (SSSR count). The molecule has 0 saturated heterocycles. The molecule has 0 bridgehead atoms. The summed E-state index contributed by atoms with van der Waals surface area (Å²) in [5.41, 5.74) is 1.81. The van der Waals surface area contributed by atoms with E-state index in [2.05, 4.69) is 10.3 Å². The van der Waals surface area contributed by atoms with Crippen LogP contribution in [-0.2, 0) is 4.79 Å². The second kappa shape index (κ2) is 3.80. The molecule has 1 N–H and O–H groups in total. The fourth-order valence-electron chi connectivity index (χ4n) is 1.47. The van der Waals surface area contributed by atoms with Crippen LogP contribution in [0.3, 0.4) is 0 Å². The van der Waals surface area contributed by atoms with Gasteiger partial charge in [0.25, 0.3) is 0 Å². The highest BCUT2D eigenvalue weighted by molar-refractivity contribution is 6.30. The molecule has 1 aromatic rings. The molecule has 1 heterocycles. The van der Waals surface area contributed by atoms with E-state index in [1.807, 2.05) is 24.3 Å². The average molecular weight is 209 g/mol. The molecule has 1 aromatic carbocycles. The summed E-state index contributed by atoms with van der Waals surface area (Å²) in [6.07, 6.45) is 0.826. The van der Waals surface area contributed by atoms with Crippen molar-refractivity contribution in [1.82, 2.24) is 0 Å². The number of hydrogen-bond donors (Lipinski definition) is 1. The van der Waals surface area contributed by atoms with Crippen molar-refractivity contribution in [3.8, 4) is 0 Å². The number of hydrogen-bond acceptors (Lipinski definition) is 3. The normalized spacial score (nSPS) is 19.2. The van der Waals surface area contributed by atoms with E-state index >= 15 is 0 Å². The molecular formula is C10H9ClN2O. The topological polar surface area (TPSA) is 41.5 Å². The van der Waals surface area contributed by atoms with Gasteiger partial charge >= 0.3 is 0 Å². The quantitative estimate of drug-likeness (QED) is 0.597. The van der Waals surface area contributed by atoms with Crippen LogP contribution >= 0.6 is 11.6 Å². The Balaban J connectivity index is 2.44. The molecule has 72 valence electrons. The Morgan fingerprint density at radius 2 is 2.29 bits per heavy atom. The van der Waals surface area contributed by atoms with Crippen molar-refractivity contribution in [1.29, 1.82) is 0 Å². The Bertz CT molecular complexity index is 389. The molecule has 0 amide bonds. The second-order valence-corrected chi connectivity index (χ2v) is 3.27. The first-order chi connectivity index (χ1) is 6.85. The van der Waals surface area contributed by atoms with E-state index in [1.165, 1.54) is 0 Å². The van der Waals surface area contributed by atoms with Crippen molar-refractivity contribution in [2.75, 3.05) is 11.2 Å². The Labute approximate surface area is 86.8 Å². The van der Waals surface area contributed by atoms with Crippen LogP contribution < -0.4 is 5.32 Å². The van der Waals surface area contributed by atoms with Crippen LogP contribution in [0.25, 0.3) is 0 Å². The number of nitrogens with one attached hydrogen (secondary N) is 1. The van der Waals surface area contributed by atoms with E-state index in [9.17, 15) is 4.79 Å². The molecule has 0 aromatic heterocycles. The van der Waals surface area contributed by atoms with Crippen molar-refractivity contribution in [3.05, 3.63) is 29.8 Å². The molecule has 1 aliphatic heterocycles. The largest absolute Gasteiger partial charge is 0.343 e. The van der Waals surface area contributed by atoms with E-state index in [0.29, 0.717) is 11.7 Å². The van der Waals surface area contributed by atoms with Crippen molar-refractivity contribution in [2.24, 2.45) is 4.99 Å². The van der Waals surface area contributed by atoms with Crippen LogP contribution in [-0.4, -0.2) is 18.0 Å². The third kappa shape index (κ3) is 1.51. The van der Waals surface area contributed by atoms with Crippen molar-refractivity contribution >= 4 is 29.4 Å². The number of fused-ring (bicyclic) bond motifs is 1. The smallest absolute Gasteiger partial charge is 0.149 e. The molecular weight excluding hydrogens is 200 g/mol. The summed E-state index contributed by atoms with van der Waals surface area (Å²) in [5.74, 6) is 0.932. The van der Waals surface area contributed by atoms with E-state index in [1.54, 1.807) is 0 Å². The summed E-state index contributed by atoms with van der Waals surface area (Å²) in [6.45, 7) is 0. The van der Waals surface area contributed by atoms with Gasteiger partial charge in [0, 0.05) is 11.3 Å². The lowest BCUT2D eigenvalue weighted by atomic mass is 10.0. The minimum atomic E-state index is -0.416. The monoisotopic (exact) mass is 208 g/mol. The van der Waals surface area contributed by atoms with Crippen molar-refractivity contribution in [3.63, 3.8) is 0 Å². The molecule has 0 aliphatic carbocycles. The third-order valence-corrected chi connectivity index (χ3v) is 2.36. The maximum atomic E-state index is 10.8. The van der Waals surface area contributed by atoms with Gasteiger partial charge in [-0.15, -0.1) is 11.6 Å². The highest BCUT2D eigenvalue weighted by Crippen LogP contribution is 2.28. The molecule has 0 spiro atoms. The van der Waals surface area contributed by atoms with Crippen LogP contribution in [0.1, 0.15) is 11.6 Å². The summed E-state index contributed by atoms with van der Waals surface area (Å²) in [7, 11) is 0. The highest BCUT2D eigenvalue weighted by atomic mass is 35.5. The van der Waals surface area contributed by atoms with Gasteiger partial charge in [-0.1, -0.05) is 18.2 Å². The third-order valence-electron chi connectivity index (χ3n) is 2.11. The summed E-state index contributed by atoms with van der Waals surface area (Å²) in [5, 5.41) is 3.07. The minimum absolute atomic E-state index is 0.290. The minimum Gasteiger partial charge on any atom is -0.343 e. The predicted molar refractivity (Wildman–Crippen MR) is 57.0 cm³/mol. The summed E-state index contributed by atoms with van der Waals surface area (Å²) in [6, 6.07) is 7.17. The maximum absolute atomic E-state index is 10.8. The van der Waals surface area contributed by atoms with Crippen molar-refractivity contribution in [2.45, 2.75) is 6.04 Å². The average Bonchev–Trinajstić information content (AvgIpc) is 2.27. The first kappa shape index (κ1) is 9.21. The number of para-hydroxylation sites is 1. The fraction of sp³-hybridized carbons (Fsp3) is 0.200. The summed E-state index contributed by atoms with van der Waals surface area (Å²) < 4.78 is 0. The second-order valence-electron chi connectivity index (χ2n) is 3.00. The van der Waals surface area contributed by atoms with Crippen LogP contribution in [0.4, 0.5) is 5.69 Å². The number of benzene rings is 1. The van der Waals surface area contributed by atoms with Crippen LogP contribution in [0.5, 0.6) is 0 Å². The van der Waals surface area contributed by atoms with Gasteiger partial charge in [-0.3, -0.25) is 4.99 Å². The van der Waals surface area contributed by atoms with Gasteiger partial charge in [0.05, 0.1) is 5.88 Å². The van der Waals surface area contributed by atoms with Crippen molar-refractivity contribution < 1.29 is 4.79 Å². The molecule has 4 heteroatoms. The zero-order valence-corrected chi connectivity index (χ0v) is 8.16. The number of anilines is 1. The van der Waals surface area contributed by atoms with E-state index < -0.39 is 6.04 Å². The number of carbonyl (C=O) groups excluding carboxylic acids is 1.